The molecule has 0 saturated carbocycles. The van der Waals surface area contributed by atoms with Gasteiger partial charge in [-0.3, -0.25) is 0 Å². The summed E-state index contributed by atoms with van der Waals surface area (Å²) in [6.07, 6.45) is 2.22. The molecular formula is C18H24N2S. The zero-order valence-corrected chi connectivity index (χ0v) is 13.7. The molecule has 112 valence electrons. The summed E-state index contributed by atoms with van der Waals surface area (Å²) in [6.45, 7) is 7.63. The molecule has 0 spiro atoms. The smallest absolute Gasteiger partial charge is 0.0359 e. The van der Waals surface area contributed by atoms with Gasteiger partial charge in [-0.1, -0.05) is 32.0 Å². The molecule has 2 nitrogen and oxygen atoms in total. The Bertz CT molecular complexity index is 588. The SMILES string of the molecule is CC(C)CNCc1cccn1CC1CSc2ccccc21. The van der Waals surface area contributed by atoms with E-state index in [0.29, 0.717) is 11.8 Å². The highest BCUT2D eigenvalue weighted by Gasteiger charge is 2.23. The van der Waals surface area contributed by atoms with E-state index in [4.69, 9.17) is 0 Å². The van der Waals surface area contributed by atoms with Gasteiger partial charge in [0.05, 0.1) is 0 Å². The van der Waals surface area contributed by atoms with Crippen molar-refractivity contribution in [3.8, 4) is 0 Å². The van der Waals surface area contributed by atoms with Crippen LogP contribution in [0.3, 0.4) is 0 Å². The molecule has 3 rings (SSSR count). The number of aromatic nitrogens is 1. The van der Waals surface area contributed by atoms with Gasteiger partial charge in [0, 0.05) is 41.5 Å². The summed E-state index contributed by atoms with van der Waals surface area (Å²) in [4.78, 5) is 1.47. The van der Waals surface area contributed by atoms with Crippen LogP contribution in [0, 0.1) is 5.92 Å². The minimum atomic E-state index is 0.641. The van der Waals surface area contributed by atoms with Crippen LogP contribution in [0.2, 0.25) is 0 Å². The number of hydrogen-bond acceptors (Lipinski definition) is 2. The lowest BCUT2D eigenvalue weighted by Gasteiger charge is -2.16. The maximum atomic E-state index is 3.55. The van der Waals surface area contributed by atoms with E-state index in [0.717, 1.165) is 19.6 Å². The van der Waals surface area contributed by atoms with Crippen LogP contribution in [0.15, 0.2) is 47.5 Å². The van der Waals surface area contributed by atoms with E-state index in [9.17, 15) is 0 Å². The number of rotatable bonds is 6. The van der Waals surface area contributed by atoms with Gasteiger partial charge in [0.2, 0.25) is 0 Å². The second-order valence-electron chi connectivity index (χ2n) is 6.22. The van der Waals surface area contributed by atoms with Gasteiger partial charge in [-0.05, 0) is 36.2 Å². The van der Waals surface area contributed by atoms with E-state index < -0.39 is 0 Å². The highest BCUT2D eigenvalue weighted by molar-refractivity contribution is 7.99. The molecule has 1 aliphatic rings. The van der Waals surface area contributed by atoms with Crippen LogP contribution in [0.5, 0.6) is 0 Å². The monoisotopic (exact) mass is 300 g/mol. The van der Waals surface area contributed by atoms with Gasteiger partial charge in [0.15, 0.2) is 0 Å². The molecule has 1 N–H and O–H groups in total. The van der Waals surface area contributed by atoms with Crippen molar-refractivity contribution < 1.29 is 0 Å². The Hall–Kier alpha value is -1.19. The molecule has 0 fully saturated rings. The molecule has 1 aromatic carbocycles. The average molecular weight is 300 g/mol. The maximum absolute atomic E-state index is 3.55. The van der Waals surface area contributed by atoms with Crippen molar-refractivity contribution in [3.05, 3.63) is 53.9 Å². The van der Waals surface area contributed by atoms with E-state index >= 15 is 0 Å². The average Bonchev–Trinajstić information content (AvgIpc) is 3.07. The molecule has 0 radical (unpaired) electrons. The Balaban J connectivity index is 1.65. The van der Waals surface area contributed by atoms with Crippen LogP contribution in [-0.2, 0) is 13.1 Å². The van der Waals surface area contributed by atoms with E-state index in [1.54, 1.807) is 0 Å². The summed E-state index contributed by atoms with van der Waals surface area (Å²) in [5, 5.41) is 3.55. The molecule has 1 aliphatic heterocycles. The lowest BCUT2D eigenvalue weighted by atomic mass is 10.0. The number of thioether (sulfide) groups is 1. The van der Waals surface area contributed by atoms with Crippen LogP contribution in [0.4, 0.5) is 0 Å². The van der Waals surface area contributed by atoms with Gasteiger partial charge >= 0.3 is 0 Å². The van der Waals surface area contributed by atoms with Crippen molar-refractivity contribution in [2.24, 2.45) is 5.92 Å². The van der Waals surface area contributed by atoms with E-state index in [1.807, 2.05) is 11.8 Å². The molecule has 3 heteroatoms. The zero-order chi connectivity index (χ0) is 14.7. The summed E-state index contributed by atoms with van der Waals surface area (Å²) in [7, 11) is 0. The number of fused-ring (bicyclic) bond motifs is 1. The topological polar surface area (TPSA) is 17.0 Å². The molecule has 0 bridgehead atoms. The highest BCUT2D eigenvalue weighted by Crippen LogP contribution is 2.40. The molecule has 1 atom stereocenters. The van der Waals surface area contributed by atoms with Crippen molar-refractivity contribution >= 4 is 11.8 Å². The first-order valence-electron chi connectivity index (χ1n) is 7.80. The molecular weight excluding hydrogens is 276 g/mol. The number of nitrogens with one attached hydrogen (secondary N) is 1. The molecule has 2 heterocycles. The Kier molecular flexibility index (Phi) is 4.71. The number of benzene rings is 1. The van der Waals surface area contributed by atoms with Crippen molar-refractivity contribution in [1.29, 1.82) is 0 Å². The summed E-state index contributed by atoms with van der Waals surface area (Å²) in [5.74, 6) is 2.55. The zero-order valence-electron chi connectivity index (χ0n) is 12.9. The molecule has 0 aliphatic carbocycles. The van der Waals surface area contributed by atoms with Crippen LogP contribution in [0.25, 0.3) is 0 Å². The van der Waals surface area contributed by atoms with Crippen molar-refractivity contribution in [2.45, 2.75) is 37.8 Å². The third-order valence-corrected chi connectivity index (χ3v) is 5.25. The first-order chi connectivity index (χ1) is 10.2. The minimum absolute atomic E-state index is 0.641. The summed E-state index contributed by atoms with van der Waals surface area (Å²) in [6, 6.07) is 13.3. The third kappa shape index (κ3) is 3.53. The van der Waals surface area contributed by atoms with Crippen LogP contribution in [-0.4, -0.2) is 16.9 Å². The Morgan fingerprint density at radius 2 is 2.10 bits per heavy atom. The quantitative estimate of drug-likeness (QED) is 0.864. The second-order valence-corrected chi connectivity index (χ2v) is 7.28. The van der Waals surface area contributed by atoms with Crippen molar-refractivity contribution in [3.63, 3.8) is 0 Å². The molecule has 1 aromatic heterocycles. The Morgan fingerprint density at radius 1 is 1.24 bits per heavy atom. The molecule has 1 unspecified atom stereocenters. The van der Waals surface area contributed by atoms with Gasteiger partial charge in [0.25, 0.3) is 0 Å². The minimum Gasteiger partial charge on any atom is -0.350 e. The predicted molar refractivity (Wildman–Crippen MR) is 90.9 cm³/mol. The number of hydrogen-bond donors (Lipinski definition) is 1. The van der Waals surface area contributed by atoms with Crippen molar-refractivity contribution in [1.82, 2.24) is 9.88 Å². The van der Waals surface area contributed by atoms with Gasteiger partial charge < -0.3 is 9.88 Å². The standard InChI is InChI=1S/C18H24N2S/c1-14(2)10-19-11-16-6-5-9-20(16)12-15-13-21-18-8-4-3-7-17(15)18/h3-9,14-15,19H,10-13H2,1-2H3. The Labute approximate surface area is 131 Å². The first-order valence-corrected chi connectivity index (χ1v) is 8.79. The largest absolute Gasteiger partial charge is 0.350 e. The fourth-order valence-corrected chi connectivity index (χ4v) is 4.14. The fourth-order valence-electron chi connectivity index (χ4n) is 2.89. The van der Waals surface area contributed by atoms with Gasteiger partial charge in [-0.2, -0.15) is 0 Å². The molecule has 0 amide bonds. The summed E-state index contributed by atoms with van der Waals surface area (Å²) >= 11 is 2.00. The third-order valence-electron chi connectivity index (χ3n) is 4.00. The highest BCUT2D eigenvalue weighted by atomic mass is 32.2. The predicted octanol–water partition coefficient (Wildman–Crippen LogP) is 4.12. The molecule has 2 aromatic rings. The van der Waals surface area contributed by atoms with Crippen molar-refractivity contribution in [2.75, 3.05) is 12.3 Å². The van der Waals surface area contributed by atoms with E-state index in [2.05, 4.69) is 66.3 Å². The lowest BCUT2D eigenvalue weighted by molar-refractivity contribution is 0.523. The Morgan fingerprint density at radius 3 is 2.95 bits per heavy atom. The molecule has 21 heavy (non-hydrogen) atoms. The number of nitrogens with zero attached hydrogens (tertiary/aromatic N) is 1. The first kappa shape index (κ1) is 14.7. The second kappa shape index (κ2) is 6.71. The summed E-state index contributed by atoms with van der Waals surface area (Å²) in [5.41, 5.74) is 2.92. The van der Waals surface area contributed by atoms with Crippen LogP contribution >= 0.6 is 11.8 Å². The van der Waals surface area contributed by atoms with E-state index in [-0.39, 0.29) is 0 Å². The lowest BCUT2D eigenvalue weighted by Crippen LogP contribution is -2.21. The maximum Gasteiger partial charge on any atom is 0.0359 e. The summed E-state index contributed by atoms with van der Waals surface area (Å²) < 4.78 is 2.42. The molecule has 0 saturated heterocycles. The van der Waals surface area contributed by atoms with Gasteiger partial charge in [-0.25, -0.2) is 0 Å². The van der Waals surface area contributed by atoms with Crippen LogP contribution < -0.4 is 5.32 Å². The van der Waals surface area contributed by atoms with Gasteiger partial charge in [-0.15, -0.1) is 11.8 Å². The van der Waals surface area contributed by atoms with Gasteiger partial charge in [0.1, 0.15) is 0 Å². The van der Waals surface area contributed by atoms with E-state index in [1.165, 1.54) is 21.9 Å². The normalized spacial score (nSPS) is 17.4. The fraction of sp³-hybridized carbons (Fsp3) is 0.444. The van der Waals surface area contributed by atoms with Crippen LogP contribution in [0.1, 0.15) is 31.0 Å².